The lowest BCUT2D eigenvalue weighted by Gasteiger charge is -2.09. The van der Waals surface area contributed by atoms with Gasteiger partial charge in [-0.3, -0.25) is 14.8 Å². The monoisotopic (exact) mass is 327 g/mol. The van der Waals surface area contributed by atoms with E-state index >= 15 is 0 Å². The molecule has 1 N–H and O–H groups in total. The molecule has 0 saturated carbocycles. The number of nitrogens with one attached hydrogen (secondary N) is 1. The summed E-state index contributed by atoms with van der Waals surface area (Å²) in [5.41, 5.74) is -0.0343. The first kappa shape index (κ1) is 15.2. The maximum atomic E-state index is 12.1. The van der Waals surface area contributed by atoms with E-state index in [1.807, 2.05) is 0 Å². The van der Waals surface area contributed by atoms with Crippen LogP contribution in [0.4, 0.5) is 11.4 Å². The van der Waals surface area contributed by atoms with E-state index in [1.54, 1.807) is 0 Å². The van der Waals surface area contributed by atoms with Gasteiger partial charge < -0.3 is 0 Å². The number of rotatable bonds is 5. The molecule has 0 saturated heterocycles. The van der Waals surface area contributed by atoms with Gasteiger partial charge in [-0.15, -0.1) is 0 Å². The van der Waals surface area contributed by atoms with Gasteiger partial charge in [0.25, 0.3) is 5.69 Å². The van der Waals surface area contributed by atoms with Crippen molar-refractivity contribution in [1.29, 1.82) is 0 Å². The predicted molar refractivity (Wildman–Crippen MR) is 78.6 cm³/mol. The smallest absolute Gasteiger partial charge is 0.273 e. The molecule has 0 aliphatic rings. The van der Waals surface area contributed by atoms with E-state index in [1.165, 1.54) is 42.6 Å². The van der Waals surface area contributed by atoms with E-state index in [0.29, 0.717) is 0 Å². The molecule has 0 fully saturated rings. The molecule has 0 amide bonds. The van der Waals surface area contributed by atoms with Crippen LogP contribution in [0.3, 0.4) is 0 Å². The molecule has 0 unspecified atom stereocenters. The summed E-state index contributed by atoms with van der Waals surface area (Å²) in [5, 5.41) is 10.9. The number of sulfonamides is 1. The van der Waals surface area contributed by atoms with E-state index in [9.17, 15) is 18.5 Å². The Morgan fingerprint density at radius 3 is 2.62 bits per heavy atom. The van der Waals surface area contributed by atoms with Crippen LogP contribution < -0.4 is 4.72 Å². The zero-order chi connectivity index (χ0) is 15.5. The van der Waals surface area contributed by atoms with Crippen molar-refractivity contribution in [3.63, 3.8) is 0 Å². The number of anilines is 1. The molecule has 0 radical (unpaired) electrons. The molecule has 0 aliphatic heterocycles. The molecular weight excluding hydrogens is 318 g/mol. The summed E-state index contributed by atoms with van der Waals surface area (Å²) in [7, 11) is -3.85. The third-order valence-electron chi connectivity index (χ3n) is 2.56. The lowest BCUT2D eigenvalue weighted by Crippen LogP contribution is -2.16. The molecule has 1 heterocycles. The Kier molecular flexibility index (Phi) is 4.39. The van der Waals surface area contributed by atoms with Crippen LogP contribution in [0.2, 0.25) is 5.15 Å². The lowest BCUT2D eigenvalue weighted by molar-refractivity contribution is -0.385. The number of hydrogen-bond donors (Lipinski definition) is 1. The SMILES string of the molecule is O=[N+]([O-])c1ccccc1CS(=O)(=O)Nc1cccnc1Cl. The Labute approximate surface area is 125 Å². The van der Waals surface area contributed by atoms with Crippen LogP contribution in [0.5, 0.6) is 0 Å². The quantitative estimate of drug-likeness (QED) is 0.516. The van der Waals surface area contributed by atoms with Gasteiger partial charge in [-0.05, 0) is 12.1 Å². The van der Waals surface area contributed by atoms with Crippen molar-refractivity contribution in [2.45, 2.75) is 5.75 Å². The van der Waals surface area contributed by atoms with Crippen LogP contribution in [0.25, 0.3) is 0 Å². The van der Waals surface area contributed by atoms with Crippen molar-refractivity contribution in [1.82, 2.24) is 4.98 Å². The minimum Gasteiger partial charge on any atom is -0.280 e. The van der Waals surface area contributed by atoms with Crippen molar-refractivity contribution in [3.05, 3.63) is 63.4 Å². The average Bonchev–Trinajstić information content (AvgIpc) is 2.41. The van der Waals surface area contributed by atoms with Crippen molar-refractivity contribution >= 4 is 33.0 Å². The fraction of sp³-hybridized carbons (Fsp3) is 0.0833. The van der Waals surface area contributed by atoms with E-state index < -0.39 is 20.7 Å². The highest BCUT2D eigenvalue weighted by molar-refractivity contribution is 7.91. The maximum absolute atomic E-state index is 12.1. The number of nitrogens with zero attached hydrogens (tertiary/aromatic N) is 2. The predicted octanol–water partition coefficient (Wildman–Crippen LogP) is 2.59. The largest absolute Gasteiger partial charge is 0.280 e. The van der Waals surface area contributed by atoms with Crippen molar-refractivity contribution in [2.24, 2.45) is 0 Å². The van der Waals surface area contributed by atoms with E-state index in [0.717, 1.165) is 0 Å². The highest BCUT2D eigenvalue weighted by atomic mass is 35.5. The third kappa shape index (κ3) is 3.89. The molecule has 9 heteroatoms. The van der Waals surface area contributed by atoms with Gasteiger partial charge in [0.05, 0.1) is 10.6 Å². The van der Waals surface area contributed by atoms with Gasteiger partial charge in [0, 0.05) is 17.8 Å². The number of para-hydroxylation sites is 1. The van der Waals surface area contributed by atoms with Crippen molar-refractivity contribution < 1.29 is 13.3 Å². The van der Waals surface area contributed by atoms with Gasteiger partial charge in [0.2, 0.25) is 10.0 Å². The van der Waals surface area contributed by atoms with E-state index in [-0.39, 0.29) is 22.1 Å². The number of nitro groups is 1. The fourth-order valence-corrected chi connectivity index (χ4v) is 3.13. The Morgan fingerprint density at radius 2 is 1.95 bits per heavy atom. The summed E-state index contributed by atoms with van der Waals surface area (Å²) in [4.78, 5) is 14.0. The summed E-state index contributed by atoms with van der Waals surface area (Å²) in [6.45, 7) is 0. The highest BCUT2D eigenvalue weighted by Crippen LogP contribution is 2.23. The van der Waals surface area contributed by atoms with Gasteiger partial charge in [-0.1, -0.05) is 29.8 Å². The topological polar surface area (TPSA) is 102 Å². The average molecular weight is 328 g/mol. The first-order chi connectivity index (χ1) is 9.89. The lowest BCUT2D eigenvalue weighted by atomic mass is 10.2. The normalized spacial score (nSPS) is 11.1. The standard InChI is InChI=1S/C12H10ClN3O4S/c13-12-10(5-3-7-14-12)15-21(19,20)8-9-4-1-2-6-11(9)16(17)18/h1-7,15H,8H2. The van der Waals surface area contributed by atoms with Crippen molar-refractivity contribution in [2.75, 3.05) is 4.72 Å². The Balaban J connectivity index is 2.27. The molecule has 110 valence electrons. The second-order valence-electron chi connectivity index (χ2n) is 4.09. The van der Waals surface area contributed by atoms with Crippen LogP contribution in [-0.4, -0.2) is 18.3 Å². The van der Waals surface area contributed by atoms with Gasteiger partial charge in [-0.25, -0.2) is 13.4 Å². The molecule has 7 nitrogen and oxygen atoms in total. The summed E-state index contributed by atoms with van der Waals surface area (Å²) >= 11 is 5.77. The number of nitro benzene ring substituents is 1. The summed E-state index contributed by atoms with van der Waals surface area (Å²) in [5.74, 6) is -0.532. The Bertz CT molecular complexity index is 780. The minimum absolute atomic E-state index is 0.00337. The number of pyridine rings is 1. The van der Waals surface area contributed by atoms with Crippen LogP contribution >= 0.6 is 11.6 Å². The second-order valence-corrected chi connectivity index (χ2v) is 6.17. The first-order valence-electron chi connectivity index (χ1n) is 5.72. The molecular formula is C12H10ClN3O4S. The first-order valence-corrected chi connectivity index (χ1v) is 7.75. The van der Waals surface area contributed by atoms with Gasteiger partial charge >= 0.3 is 0 Å². The molecule has 1 aromatic heterocycles. The van der Waals surface area contributed by atoms with E-state index in [4.69, 9.17) is 11.6 Å². The number of halogens is 1. The molecule has 1 aromatic carbocycles. The molecule has 2 rings (SSSR count). The number of hydrogen-bond acceptors (Lipinski definition) is 5. The van der Waals surface area contributed by atoms with Crippen molar-refractivity contribution in [3.8, 4) is 0 Å². The summed E-state index contributed by atoms with van der Waals surface area (Å²) in [6.07, 6.45) is 1.42. The summed E-state index contributed by atoms with van der Waals surface area (Å²) < 4.78 is 26.4. The molecule has 0 aliphatic carbocycles. The third-order valence-corrected chi connectivity index (χ3v) is 4.08. The second kappa shape index (κ2) is 6.06. The van der Waals surface area contributed by atoms with Gasteiger partial charge in [0.15, 0.2) is 5.15 Å². The van der Waals surface area contributed by atoms with Gasteiger partial charge in [0.1, 0.15) is 5.75 Å². The zero-order valence-corrected chi connectivity index (χ0v) is 12.1. The molecule has 0 atom stereocenters. The molecule has 0 bridgehead atoms. The van der Waals surface area contributed by atoms with Gasteiger partial charge in [-0.2, -0.15) is 0 Å². The van der Waals surface area contributed by atoms with Crippen LogP contribution in [0, 0.1) is 10.1 Å². The Morgan fingerprint density at radius 1 is 1.24 bits per heavy atom. The minimum atomic E-state index is -3.85. The van der Waals surface area contributed by atoms with Crippen LogP contribution in [0.15, 0.2) is 42.6 Å². The molecule has 0 spiro atoms. The number of aromatic nitrogens is 1. The maximum Gasteiger partial charge on any atom is 0.273 e. The van der Waals surface area contributed by atoms with Crippen LogP contribution in [-0.2, 0) is 15.8 Å². The van der Waals surface area contributed by atoms with Crippen LogP contribution in [0.1, 0.15) is 5.56 Å². The fourth-order valence-electron chi connectivity index (χ4n) is 1.68. The number of benzene rings is 1. The zero-order valence-electron chi connectivity index (χ0n) is 10.6. The van der Waals surface area contributed by atoms with E-state index in [2.05, 4.69) is 9.71 Å². The Hall–Kier alpha value is -2.19. The molecule has 21 heavy (non-hydrogen) atoms. The molecule has 2 aromatic rings. The highest BCUT2D eigenvalue weighted by Gasteiger charge is 2.20. The summed E-state index contributed by atoms with van der Waals surface area (Å²) in [6, 6.07) is 8.62.